The largest absolute Gasteiger partial charge is 0.450 e. The Bertz CT molecular complexity index is 664. The molecule has 1 N–H and O–H groups in total. The van der Waals surface area contributed by atoms with Crippen molar-refractivity contribution in [1.82, 2.24) is 14.9 Å². The minimum absolute atomic E-state index is 0.219. The van der Waals surface area contributed by atoms with E-state index in [0.717, 1.165) is 50.5 Å². The zero-order chi connectivity index (χ0) is 19.4. The van der Waals surface area contributed by atoms with Crippen LogP contribution in [0.5, 0.6) is 0 Å². The maximum Gasteiger partial charge on any atom is 0.409 e. The fourth-order valence-corrected chi connectivity index (χ4v) is 4.04. The van der Waals surface area contributed by atoms with Gasteiger partial charge in [0.1, 0.15) is 5.82 Å². The van der Waals surface area contributed by atoms with Gasteiger partial charge in [0.15, 0.2) is 5.79 Å². The molecule has 0 unspecified atom stereocenters. The highest BCUT2D eigenvalue weighted by Crippen LogP contribution is 2.32. The number of carbonyl (C=O) groups is 1. The van der Waals surface area contributed by atoms with E-state index in [-0.39, 0.29) is 11.9 Å². The van der Waals surface area contributed by atoms with E-state index in [1.165, 1.54) is 0 Å². The minimum Gasteiger partial charge on any atom is -0.450 e. The van der Waals surface area contributed by atoms with E-state index in [0.29, 0.717) is 39.0 Å². The molecule has 4 rings (SSSR count). The van der Waals surface area contributed by atoms with Gasteiger partial charge < -0.3 is 29.3 Å². The number of hydrogen-bond acceptors (Lipinski definition) is 8. The van der Waals surface area contributed by atoms with Crippen molar-refractivity contribution >= 4 is 17.9 Å². The molecule has 0 aromatic carbocycles. The summed E-state index contributed by atoms with van der Waals surface area (Å²) in [6.07, 6.45) is 4.99. The summed E-state index contributed by atoms with van der Waals surface area (Å²) in [6.45, 7) is 6.65. The van der Waals surface area contributed by atoms with Crippen molar-refractivity contribution in [3.05, 3.63) is 12.3 Å². The van der Waals surface area contributed by atoms with Crippen LogP contribution in [-0.2, 0) is 14.2 Å². The van der Waals surface area contributed by atoms with Crippen molar-refractivity contribution in [3.63, 3.8) is 0 Å². The lowest BCUT2D eigenvalue weighted by atomic mass is 10.0. The van der Waals surface area contributed by atoms with Crippen LogP contribution in [0.25, 0.3) is 0 Å². The molecule has 3 saturated heterocycles. The molecule has 9 heteroatoms. The topological polar surface area (TPSA) is 89.1 Å². The molecule has 3 aliphatic heterocycles. The lowest BCUT2D eigenvalue weighted by Crippen LogP contribution is -2.45. The van der Waals surface area contributed by atoms with Crippen LogP contribution >= 0.6 is 0 Å². The van der Waals surface area contributed by atoms with Crippen molar-refractivity contribution in [3.8, 4) is 0 Å². The fourth-order valence-electron chi connectivity index (χ4n) is 4.04. The molecule has 4 heterocycles. The number of amides is 1. The van der Waals surface area contributed by atoms with Crippen LogP contribution in [0.3, 0.4) is 0 Å². The van der Waals surface area contributed by atoms with Crippen molar-refractivity contribution in [1.29, 1.82) is 0 Å². The Morgan fingerprint density at radius 2 is 1.96 bits per heavy atom. The SMILES string of the molecule is CCOC(=O)N1CCC(Nc2ccnc(N3CCC4(CC3)OCCO4)n2)CC1. The number of hydrogen-bond donors (Lipinski definition) is 1. The maximum atomic E-state index is 11.8. The first kappa shape index (κ1) is 19.2. The van der Waals surface area contributed by atoms with Gasteiger partial charge in [-0.25, -0.2) is 9.78 Å². The molecule has 1 amide bonds. The smallest absolute Gasteiger partial charge is 0.409 e. The number of rotatable bonds is 4. The van der Waals surface area contributed by atoms with E-state index in [9.17, 15) is 4.79 Å². The van der Waals surface area contributed by atoms with E-state index in [1.807, 2.05) is 13.0 Å². The summed E-state index contributed by atoms with van der Waals surface area (Å²) in [5, 5.41) is 3.49. The lowest BCUT2D eigenvalue weighted by Gasteiger charge is -2.37. The van der Waals surface area contributed by atoms with Gasteiger partial charge in [-0.2, -0.15) is 4.98 Å². The third kappa shape index (κ3) is 4.30. The van der Waals surface area contributed by atoms with E-state index in [1.54, 1.807) is 11.1 Å². The highest BCUT2D eigenvalue weighted by atomic mass is 16.7. The van der Waals surface area contributed by atoms with Crippen LogP contribution in [0.15, 0.2) is 12.3 Å². The molecule has 3 aliphatic rings. The molecular formula is C19H29N5O4. The van der Waals surface area contributed by atoms with Crippen LogP contribution in [0.4, 0.5) is 16.6 Å². The summed E-state index contributed by atoms with van der Waals surface area (Å²) in [5.74, 6) is 1.18. The Morgan fingerprint density at radius 3 is 2.64 bits per heavy atom. The molecule has 1 aromatic rings. The highest BCUT2D eigenvalue weighted by Gasteiger charge is 2.40. The number of carbonyl (C=O) groups excluding carboxylic acids is 1. The van der Waals surface area contributed by atoms with Crippen LogP contribution in [0, 0.1) is 0 Å². The van der Waals surface area contributed by atoms with Crippen LogP contribution in [-0.4, -0.2) is 78.8 Å². The van der Waals surface area contributed by atoms with Crippen LogP contribution < -0.4 is 10.2 Å². The first-order chi connectivity index (χ1) is 13.7. The minimum atomic E-state index is -0.390. The van der Waals surface area contributed by atoms with Gasteiger partial charge in [0, 0.05) is 51.3 Å². The second-order valence-corrected chi connectivity index (χ2v) is 7.44. The monoisotopic (exact) mass is 391 g/mol. The molecule has 0 bridgehead atoms. The van der Waals surface area contributed by atoms with Gasteiger partial charge in [-0.1, -0.05) is 0 Å². The Morgan fingerprint density at radius 1 is 1.25 bits per heavy atom. The first-order valence-electron chi connectivity index (χ1n) is 10.2. The Balaban J connectivity index is 1.29. The number of ether oxygens (including phenoxy) is 3. The first-order valence-corrected chi connectivity index (χ1v) is 10.2. The summed E-state index contributed by atoms with van der Waals surface area (Å²) in [7, 11) is 0. The summed E-state index contributed by atoms with van der Waals surface area (Å²) < 4.78 is 16.7. The van der Waals surface area contributed by atoms with Crippen molar-refractivity contribution in [2.45, 2.75) is 44.4 Å². The quantitative estimate of drug-likeness (QED) is 0.832. The molecule has 154 valence electrons. The molecule has 1 spiro atoms. The third-order valence-corrected chi connectivity index (χ3v) is 5.64. The van der Waals surface area contributed by atoms with Gasteiger partial charge in [0.05, 0.1) is 19.8 Å². The molecule has 0 aliphatic carbocycles. The average molecular weight is 391 g/mol. The van der Waals surface area contributed by atoms with E-state index >= 15 is 0 Å². The van der Waals surface area contributed by atoms with Crippen molar-refractivity contribution in [2.24, 2.45) is 0 Å². The number of aromatic nitrogens is 2. The van der Waals surface area contributed by atoms with Gasteiger partial charge >= 0.3 is 6.09 Å². The van der Waals surface area contributed by atoms with Gasteiger partial charge in [0.2, 0.25) is 5.95 Å². The number of nitrogens with one attached hydrogen (secondary N) is 1. The van der Waals surface area contributed by atoms with E-state index < -0.39 is 0 Å². The summed E-state index contributed by atoms with van der Waals surface area (Å²) in [6, 6.07) is 2.19. The molecule has 0 saturated carbocycles. The molecule has 3 fully saturated rings. The van der Waals surface area contributed by atoms with Crippen molar-refractivity contribution < 1.29 is 19.0 Å². The Labute approximate surface area is 165 Å². The lowest BCUT2D eigenvalue weighted by molar-refractivity contribution is -0.169. The molecular weight excluding hydrogens is 362 g/mol. The average Bonchev–Trinajstić information content (AvgIpc) is 3.17. The normalized spacial score (nSPS) is 22.5. The van der Waals surface area contributed by atoms with Gasteiger partial charge in [-0.15, -0.1) is 0 Å². The van der Waals surface area contributed by atoms with Gasteiger partial charge in [-0.05, 0) is 25.8 Å². The molecule has 1 aromatic heterocycles. The number of piperidine rings is 2. The van der Waals surface area contributed by atoms with Gasteiger partial charge in [-0.3, -0.25) is 0 Å². The van der Waals surface area contributed by atoms with E-state index in [4.69, 9.17) is 19.2 Å². The zero-order valence-corrected chi connectivity index (χ0v) is 16.4. The van der Waals surface area contributed by atoms with Crippen LogP contribution in [0.2, 0.25) is 0 Å². The second-order valence-electron chi connectivity index (χ2n) is 7.44. The standard InChI is InChI=1S/C19H29N5O4/c1-2-26-18(25)24-9-4-15(5-10-24)21-16-3-8-20-17(22-16)23-11-6-19(7-12-23)27-13-14-28-19/h3,8,15H,2,4-7,9-14H2,1H3,(H,20,21,22). The summed E-state index contributed by atoms with van der Waals surface area (Å²) in [4.78, 5) is 24.9. The van der Waals surface area contributed by atoms with Crippen LogP contribution in [0.1, 0.15) is 32.6 Å². The van der Waals surface area contributed by atoms with Gasteiger partial charge in [0.25, 0.3) is 0 Å². The highest BCUT2D eigenvalue weighted by molar-refractivity contribution is 5.67. The summed E-state index contributed by atoms with van der Waals surface area (Å²) in [5.41, 5.74) is 0. The van der Waals surface area contributed by atoms with Crippen molar-refractivity contribution in [2.75, 3.05) is 56.2 Å². The molecule has 0 atom stereocenters. The third-order valence-electron chi connectivity index (χ3n) is 5.64. The van der Waals surface area contributed by atoms with E-state index in [2.05, 4.69) is 15.2 Å². The number of nitrogens with zero attached hydrogens (tertiary/aromatic N) is 4. The molecule has 9 nitrogen and oxygen atoms in total. The second kappa shape index (κ2) is 8.48. The number of anilines is 2. The summed E-state index contributed by atoms with van der Waals surface area (Å²) >= 11 is 0. The maximum absolute atomic E-state index is 11.8. The zero-order valence-electron chi connectivity index (χ0n) is 16.4. The molecule has 28 heavy (non-hydrogen) atoms. The predicted octanol–water partition coefficient (Wildman–Crippen LogP) is 1.85. The predicted molar refractivity (Wildman–Crippen MR) is 103 cm³/mol. The fraction of sp³-hybridized carbons (Fsp3) is 0.737. The Hall–Kier alpha value is -2.13. The molecule has 0 radical (unpaired) electrons. The Kier molecular flexibility index (Phi) is 5.82. The number of likely N-dealkylation sites (tertiary alicyclic amines) is 1.